The molecule has 0 aliphatic carbocycles. The number of thiophene rings is 1. The van der Waals surface area contributed by atoms with Crippen LogP contribution in [0.4, 0.5) is 27.8 Å². The maximum atomic E-state index is 11.3. The van der Waals surface area contributed by atoms with Crippen molar-refractivity contribution < 1.29 is 9.53 Å². The van der Waals surface area contributed by atoms with Gasteiger partial charge in [-0.2, -0.15) is 0 Å². The third-order valence-electron chi connectivity index (χ3n) is 6.91. The quantitative estimate of drug-likeness (QED) is 0.259. The highest BCUT2D eigenvalue weighted by Crippen LogP contribution is 2.44. The summed E-state index contributed by atoms with van der Waals surface area (Å²) in [4.78, 5) is 23.6. The lowest BCUT2D eigenvalue weighted by Gasteiger charge is -2.32. The van der Waals surface area contributed by atoms with Crippen LogP contribution in [0.15, 0.2) is 59.6 Å². The van der Waals surface area contributed by atoms with E-state index in [1.54, 1.807) is 11.3 Å². The summed E-state index contributed by atoms with van der Waals surface area (Å²) >= 11 is 1.56. The van der Waals surface area contributed by atoms with E-state index in [9.17, 15) is 4.79 Å². The predicted molar refractivity (Wildman–Crippen MR) is 152 cm³/mol. The number of carbonyl (C=O) groups excluding carboxylic acids is 1. The summed E-state index contributed by atoms with van der Waals surface area (Å²) < 4.78 is 5.96. The van der Waals surface area contributed by atoms with E-state index in [4.69, 9.17) is 10.5 Å². The van der Waals surface area contributed by atoms with E-state index in [2.05, 4.69) is 74.5 Å². The molecular formula is C28H34N6O2S. The van der Waals surface area contributed by atoms with E-state index < -0.39 is 0 Å². The number of nitrogens with two attached hydrogens (primary N) is 1. The van der Waals surface area contributed by atoms with Crippen LogP contribution < -0.4 is 25.6 Å². The van der Waals surface area contributed by atoms with Crippen LogP contribution >= 0.6 is 11.3 Å². The number of hydrogen-bond donors (Lipinski definition) is 2. The number of likely N-dealkylation sites (N-methyl/N-ethyl adjacent to an activating group) is 1. The van der Waals surface area contributed by atoms with Crippen LogP contribution in [-0.2, 0) is 11.3 Å². The molecule has 0 bridgehead atoms. The fourth-order valence-electron chi connectivity index (χ4n) is 4.98. The molecule has 1 atom stereocenters. The van der Waals surface area contributed by atoms with Crippen LogP contribution in [-0.4, -0.2) is 63.4 Å². The molecule has 0 spiro atoms. The number of nitrogens with one attached hydrogen (secondary N) is 1. The molecule has 5 rings (SSSR count). The number of fused-ring (bicyclic) bond motifs is 1. The van der Waals surface area contributed by atoms with Crippen LogP contribution in [0.1, 0.15) is 17.7 Å². The molecule has 0 radical (unpaired) electrons. The molecule has 2 aliphatic rings. The van der Waals surface area contributed by atoms with E-state index in [1.807, 2.05) is 19.2 Å². The van der Waals surface area contributed by atoms with E-state index in [1.165, 1.54) is 12.8 Å². The van der Waals surface area contributed by atoms with Crippen molar-refractivity contribution in [3.05, 3.63) is 59.5 Å². The molecule has 0 saturated carbocycles. The summed E-state index contributed by atoms with van der Waals surface area (Å²) in [5.41, 5.74) is 9.90. The van der Waals surface area contributed by atoms with Gasteiger partial charge in [0.15, 0.2) is 12.1 Å². The Balaban J connectivity index is 1.43. The van der Waals surface area contributed by atoms with Crippen LogP contribution in [0.2, 0.25) is 0 Å². The lowest BCUT2D eigenvalue weighted by Crippen LogP contribution is -2.43. The number of hydrogen-bond acceptors (Lipinski definition) is 8. The van der Waals surface area contributed by atoms with Gasteiger partial charge in [-0.1, -0.05) is 18.2 Å². The van der Waals surface area contributed by atoms with E-state index in [0.29, 0.717) is 18.9 Å². The Morgan fingerprint density at radius 2 is 2.08 bits per heavy atom. The maximum Gasteiger partial charge on any atom is 0.184 e. The average molecular weight is 519 g/mol. The molecule has 8 nitrogen and oxygen atoms in total. The first-order chi connectivity index (χ1) is 18.0. The number of piperidine rings is 1. The first-order valence-corrected chi connectivity index (χ1v) is 13.5. The summed E-state index contributed by atoms with van der Waals surface area (Å²) in [6.07, 6.45) is 2.98. The summed E-state index contributed by atoms with van der Waals surface area (Å²) in [6, 6.07) is 19.2. The molecule has 2 aromatic carbocycles. The fourth-order valence-corrected chi connectivity index (χ4v) is 6.01. The third-order valence-corrected chi connectivity index (χ3v) is 7.93. The van der Waals surface area contributed by atoms with Crippen molar-refractivity contribution >= 4 is 51.2 Å². The lowest BCUT2D eigenvalue weighted by molar-refractivity contribution is -0.102. The molecule has 9 heteroatoms. The average Bonchev–Trinajstić information content (AvgIpc) is 3.33. The molecule has 37 heavy (non-hydrogen) atoms. The summed E-state index contributed by atoms with van der Waals surface area (Å²) in [5, 5.41) is 4.42. The van der Waals surface area contributed by atoms with Gasteiger partial charge in [-0.25, -0.2) is 4.99 Å². The van der Waals surface area contributed by atoms with Gasteiger partial charge in [0.1, 0.15) is 17.4 Å². The topological polar surface area (TPSA) is 86.4 Å². The highest BCUT2D eigenvalue weighted by atomic mass is 32.1. The van der Waals surface area contributed by atoms with Gasteiger partial charge in [-0.05, 0) is 62.8 Å². The fraction of sp³-hybridized carbons (Fsp3) is 0.357. The first-order valence-electron chi connectivity index (χ1n) is 12.7. The number of nitrogens with zero attached hydrogens (tertiary/aromatic N) is 4. The zero-order chi connectivity index (χ0) is 25.8. The highest BCUT2D eigenvalue weighted by molar-refractivity contribution is 7.16. The van der Waals surface area contributed by atoms with E-state index >= 15 is 0 Å². The van der Waals surface area contributed by atoms with Gasteiger partial charge in [0, 0.05) is 42.4 Å². The Hall–Kier alpha value is -3.40. The number of likely N-dealkylation sites (tertiary alicyclic amines) is 1. The van der Waals surface area contributed by atoms with E-state index in [-0.39, 0.29) is 5.84 Å². The van der Waals surface area contributed by atoms with Crippen molar-refractivity contribution in [1.82, 2.24) is 10.2 Å². The minimum Gasteiger partial charge on any atom is -0.490 e. The van der Waals surface area contributed by atoms with Crippen molar-refractivity contribution in [1.29, 1.82) is 0 Å². The SMILES string of the molecule is CN1CCC[C@H](NCc2cc(N(C)c3ccc4c(c3)N(c3ccccc3)CCO4)c(/N=C(/N)C=O)s2)C1. The number of aldehydes is 1. The highest BCUT2D eigenvalue weighted by Gasteiger charge is 2.23. The maximum absolute atomic E-state index is 11.3. The van der Waals surface area contributed by atoms with Crippen LogP contribution in [0.25, 0.3) is 0 Å². The Labute approximate surface area is 222 Å². The van der Waals surface area contributed by atoms with Crippen molar-refractivity contribution in [3.8, 4) is 5.75 Å². The third kappa shape index (κ3) is 5.79. The summed E-state index contributed by atoms with van der Waals surface area (Å²) in [5.74, 6) is 0.836. The Kier molecular flexibility index (Phi) is 7.73. The smallest absolute Gasteiger partial charge is 0.184 e. The normalized spacial score (nSPS) is 18.3. The second-order valence-corrected chi connectivity index (χ2v) is 10.7. The number of benzene rings is 2. The molecule has 2 aliphatic heterocycles. The van der Waals surface area contributed by atoms with Crippen molar-refractivity contribution in [2.45, 2.75) is 25.4 Å². The van der Waals surface area contributed by atoms with Gasteiger partial charge in [0.05, 0.1) is 17.9 Å². The molecule has 3 aromatic rings. The second-order valence-electron chi connectivity index (χ2n) is 9.59. The molecule has 1 fully saturated rings. The Morgan fingerprint density at radius 3 is 2.86 bits per heavy atom. The van der Waals surface area contributed by atoms with Crippen molar-refractivity contribution in [2.75, 3.05) is 50.1 Å². The Morgan fingerprint density at radius 1 is 1.24 bits per heavy atom. The number of anilines is 4. The molecule has 3 N–H and O–H groups in total. The van der Waals surface area contributed by atoms with Crippen LogP contribution in [0.3, 0.4) is 0 Å². The zero-order valence-electron chi connectivity index (χ0n) is 21.4. The monoisotopic (exact) mass is 518 g/mol. The van der Waals surface area contributed by atoms with Gasteiger partial charge in [-0.15, -0.1) is 11.3 Å². The van der Waals surface area contributed by atoms with Gasteiger partial charge in [0.2, 0.25) is 0 Å². The van der Waals surface area contributed by atoms with E-state index in [0.717, 1.165) is 64.6 Å². The molecule has 194 valence electrons. The largest absolute Gasteiger partial charge is 0.490 e. The van der Waals surface area contributed by atoms with Gasteiger partial charge in [-0.3, -0.25) is 4.79 Å². The number of carbonyl (C=O) groups is 1. The minimum atomic E-state index is -0.0287. The number of para-hydroxylation sites is 1. The van der Waals surface area contributed by atoms with Gasteiger partial charge in [0.25, 0.3) is 0 Å². The summed E-state index contributed by atoms with van der Waals surface area (Å²) in [6.45, 7) is 4.37. The van der Waals surface area contributed by atoms with Crippen molar-refractivity contribution in [2.24, 2.45) is 10.7 Å². The van der Waals surface area contributed by atoms with Gasteiger partial charge >= 0.3 is 0 Å². The van der Waals surface area contributed by atoms with Gasteiger partial charge < -0.3 is 30.5 Å². The van der Waals surface area contributed by atoms with Crippen LogP contribution in [0.5, 0.6) is 5.75 Å². The minimum absolute atomic E-state index is 0.0287. The predicted octanol–water partition coefficient (Wildman–Crippen LogP) is 4.42. The van der Waals surface area contributed by atoms with Crippen molar-refractivity contribution in [3.63, 3.8) is 0 Å². The second kappa shape index (κ2) is 11.3. The number of aliphatic imine (C=N–C) groups is 1. The molecule has 1 saturated heterocycles. The molecule has 0 unspecified atom stereocenters. The summed E-state index contributed by atoms with van der Waals surface area (Å²) in [7, 11) is 4.19. The molecule has 0 amide bonds. The molecular weight excluding hydrogens is 484 g/mol. The number of rotatable bonds is 8. The molecule has 3 heterocycles. The zero-order valence-corrected chi connectivity index (χ0v) is 22.2. The first kappa shape index (κ1) is 25.3. The standard InChI is InChI=1S/C28H34N6O2S/c1-32-12-6-7-20(18-32)30-17-23-16-25(28(37-23)31-27(29)19-35)33(2)22-10-11-26-24(15-22)34(13-14-36-26)21-8-4-3-5-9-21/h3-5,8-11,15-16,19-20,30H,6-7,12-14,17-18H2,1-2H3,(H2,29,31)/t20-/m0/s1. The Bertz CT molecular complexity index is 1260. The number of ether oxygens (including phenoxy) is 1. The molecule has 1 aromatic heterocycles. The lowest BCUT2D eigenvalue weighted by atomic mass is 10.1. The van der Waals surface area contributed by atoms with Crippen LogP contribution in [0, 0.1) is 0 Å². The number of amidine groups is 1.